The fourth-order valence-electron chi connectivity index (χ4n) is 1.11. The molecule has 94 valence electrons. The maximum absolute atomic E-state index is 9.70. The summed E-state index contributed by atoms with van der Waals surface area (Å²) < 4.78 is 10.4. The standard InChI is InChI=1S/C13H18O4/c1-10(13(2,15)9-14)8-17-12-6-4-11(16-3)5-7-12/h4-7,14-15H,1,8-9H2,2-3H3/t13-/m0/s1. The molecule has 0 unspecified atom stereocenters. The summed E-state index contributed by atoms with van der Waals surface area (Å²) in [5.74, 6) is 1.40. The van der Waals surface area contributed by atoms with Crippen LogP contribution in [0.1, 0.15) is 6.92 Å². The van der Waals surface area contributed by atoms with E-state index >= 15 is 0 Å². The maximum Gasteiger partial charge on any atom is 0.120 e. The summed E-state index contributed by atoms with van der Waals surface area (Å²) in [6.07, 6.45) is 0. The summed E-state index contributed by atoms with van der Waals surface area (Å²) in [7, 11) is 1.59. The first-order valence-corrected chi connectivity index (χ1v) is 5.28. The number of aliphatic hydroxyl groups excluding tert-OH is 1. The minimum absolute atomic E-state index is 0.153. The van der Waals surface area contributed by atoms with E-state index in [2.05, 4.69) is 6.58 Å². The smallest absolute Gasteiger partial charge is 0.120 e. The van der Waals surface area contributed by atoms with Gasteiger partial charge in [-0.2, -0.15) is 0 Å². The molecule has 0 amide bonds. The number of rotatable bonds is 6. The number of methoxy groups -OCH3 is 1. The molecular weight excluding hydrogens is 220 g/mol. The van der Waals surface area contributed by atoms with Crippen LogP contribution in [0.4, 0.5) is 0 Å². The first kappa shape index (κ1) is 13.5. The largest absolute Gasteiger partial charge is 0.497 e. The molecule has 2 N–H and O–H groups in total. The number of hydrogen-bond donors (Lipinski definition) is 2. The van der Waals surface area contributed by atoms with Crippen molar-refractivity contribution in [3.63, 3.8) is 0 Å². The highest BCUT2D eigenvalue weighted by molar-refractivity contribution is 5.31. The quantitative estimate of drug-likeness (QED) is 0.735. The van der Waals surface area contributed by atoms with Gasteiger partial charge in [-0.25, -0.2) is 0 Å². The highest BCUT2D eigenvalue weighted by Crippen LogP contribution is 2.19. The number of aliphatic hydroxyl groups is 2. The summed E-state index contributed by atoms with van der Waals surface area (Å²) >= 11 is 0. The Morgan fingerprint density at radius 2 is 1.82 bits per heavy atom. The van der Waals surface area contributed by atoms with Crippen molar-refractivity contribution in [2.24, 2.45) is 0 Å². The van der Waals surface area contributed by atoms with Crippen molar-refractivity contribution in [1.82, 2.24) is 0 Å². The van der Waals surface area contributed by atoms with Gasteiger partial charge >= 0.3 is 0 Å². The lowest BCUT2D eigenvalue weighted by Crippen LogP contribution is -2.33. The first-order valence-electron chi connectivity index (χ1n) is 5.28. The lowest BCUT2D eigenvalue weighted by molar-refractivity contribution is 0.0267. The van der Waals surface area contributed by atoms with Gasteiger partial charge in [-0.1, -0.05) is 6.58 Å². The Morgan fingerprint density at radius 1 is 1.29 bits per heavy atom. The number of ether oxygens (including phenoxy) is 2. The zero-order valence-corrected chi connectivity index (χ0v) is 10.1. The van der Waals surface area contributed by atoms with Crippen molar-refractivity contribution >= 4 is 0 Å². The third-order valence-electron chi connectivity index (χ3n) is 2.54. The summed E-state index contributed by atoms with van der Waals surface area (Å²) in [5.41, 5.74) is -0.886. The third-order valence-corrected chi connectivity index (χ3v) is 2.54. The van der Waals surface area contributed by atoms with Crippen LogP contribution < -0.4 is 9.47 Å². The van der Waals surface area contributed by atoms with Crippen LogP contribution in [-0.4, -0.2) is 36.1 Å². The van der Waals surface area contributed by atoms with Crippen LogP contribution in [0, 0.1) is 0 Å². The fourth-order valence-corrected chi connectivity index (χ4v) is 1.11. The van der Waals surface area contributed by atoms with Crippen LogP contribution in [0.5, 0.6) is 11.5 Å². The van der Waals surface area contributed by atoms with E-state index < -0.39 is 5.60 Å². The summed E-state index contributed by atoms with van der Waals surface area (Å²) in [4.78, 5) is 0. The van der Waals surface area contributed by atoms with E-state index in [9.17, 15) is 5.11 Å². The SMILES string of the molecule is C=C(COc1ccc(OC)cc1)[C@@](C)(O)CO. The molecule has 0 spiro atoms. The molecule has 4 nitrogen and oxygen atoms in total. The molecule has 0 saturated heterocycles. The van der Waals surface area contributed by atoms with Crippen molar-refractivity contribution in [3.05, 3.63) is 36.4 Å². The van der Waals surface area contributed by atoms with Gasteiger partial charge in [0.05, 0.1) is 13.7 Å². The average Bonchev–Trinajstić information content (AvgIpc) is 2.36. The molecule has 0 saturated carbocycles. The molecule has 4 heteroatoms. The molecule has 0 aliphatic heterocycles. The van der Waals surface area contributed by atoms with Crippen molar-refractivity contribution in [1.29, 1.82) is 0 Å². The van der Waals surface area contributed by atoms with Gasteiger partial charge in [0.1, 0.15) is 23.7 Å². The third kappa shape index (κ3) is 3.76. The molecular formula is C13H18O4. The van der Waals surface area contributed by atoms with E-state index in [1.807, 2.05) is 0 Å². The van der Waals surface area contributed by atoms with Gasteiger partial charge < -0.3 is 19.7 Å². The van der Waals surface area contributed by atoms with Gasteiger partial charge in [-0.05, 0) is 36.8 Å². The van der Waals surface area contributed by atoms with Gasteiger partial charge in [0.15, 0.2) is 0 Å². The van der Waals surface area contributed by atoms with Gasteiger partial charge in [-0.3, -0.25) is 0 Å². The predicted molar refractivity (Wildman–Crippen MR) is 65.3 cm³/mol. The van der Waals surface area contributed by atoms with Gasteiger partial charge in [0.2, 0.25) is 0 Å². The zero-order chi connectivity index (χ0) is 12.9. The molecule has 0 fully saturated rings. The highest BCUT2D eigenvalue weighted by atomic mass is 16.5. The van der Waals surface area contributed by atoms with E-state index in [-0.39, 0.29) is 13.2 Å². The number of benzene rings is 1. The van der Waals surface area contributed by atoms with E-state index in [1.54, 1.807) is 31.4 Å². The van der Waals surface area contributed by atoms with Crippen LogP contribution in [0.2, 0.25) is 0 Å². The van der Waals surface area contributed by atoms with Gasteiger partial charge in [0, 0.05) is 0 Å². The summed E-state index contributed by atoms with van der Waals surface area (Å²) in [6, 6.07) is 7.09. The fraction of sp³-hybridized carbons (Fsp3) is 0.385. The van der Waals surface area contributed by atoms with Crippen LogP contribution in [0.15, 0.2) is 36.4 Å². The van der Waals surface area contributed by atoms with E-state index in [4.69, 9.17) is 14.6 Å². The Kier molecular flexibility index (Phi) is 4.54. The molecule has 0 radical (unpaired) electrons. The van der Waals surface area contributed by atoms with E-state index in [1.165, 1.54) is 6.92 Å². The monoisotopic (exact) mass is 238 g/mol. The summed E-state index contributed by atoms with van der Waals surface area (Å²) in [6.45, 7) is 4.95. The van der Waals surface area contributed by atoms with Crippen LogP contribution in [0.3, 0.4) is 0 Å². The van der Waals surface area contributed by atoms with Gasteiger partial charge in [0.25, 0.3) is 0 Å². The molecule has 0 aliphatic carbocycles. The lowest BCUT2D eigenvalue weighted by atomic mass is 9.99. The molecule has 17 heavy (non-hydrogen) atoms. The zero-order valence-electron chi connectivity index (χ0n) is 10.1. The molecule has 0 heterocycles. The maximum atomic E-state index is 9.70. The Bertz CT molecular complexity index is 368. The molecule has 1 atom stereocenters. The van der Waals surface area contributed by atoms with Gasteiger partial charge in [-0.15, -0.1) is 0 Å². The second kappa shape index (κ2) is 5.70. The van der Waals surface area contributed by atoms with Crippen LogP contribution >= 0.6 is 0 Å². The Balaban J connectivity index is 2.53. The molecule has 1 rings (SSSR count). The average molecular weight is 238 g/mol. The van der Waals surface area contributed by atoms with E-state index in [0.29, 0.717) is 11.3 Å². The van der Waals surface area contributed by atoms with Crippen molar-refractivity contribution < 1.29 is 19.7 Å². The van der Waals surface area contributed by atoms with Crippen molar-refractivity contribution in [3.8, 4) is 11.5 Å². The summed E-state index contributed by atoms with van der Waals surface area (Å²) in [5, 5.41) is 18.6. The lowest BCUT2D eigenvalue weighted by Gasteiger charge is -2.23. The molecule has 0 aliphatic rings. The normalized spacial score (nSPS) is 13.9. The minimum atomic E-state index is -1.31. The second-order valence-electron chi connectivity index (χ2n) is 4.00. The Morgan fingerprint density at radius 3 is 2.29 bits per heavy atom. The molecule has 1 aromatic rings. The molecule has 1 aromatic carbocycles. The Hall–Kier alpha value is -1.52. The second-order valence-corrected chi connectivity index (χ2v) is 4.00. The number of hydrogen-bond acceptors (Lipinski definition) is 4. The van der Waals surface area contributed by atoms with Crippen LogP contribution in [0.25, 0.3) is 0 Å². The highest BCUT2D eigenvalue weighted by Gasteiger charge is 2.23. The Labute approximate surface area is 101 Å². The molecule has 0 bridgehead atoms. The van der Waals surface area contributed by atoms with Crippen molar-refractivity contribution in [2.75, 3.05) is 20.3 Å². The topological polar surface area (TPSA) is 58.9 Å². The predicted octanol–water partition coefficient (Wildman–Crippen LogP) is 1.37. The van der Waals surface area contributed by atoms with Crippen LogP contribution in [-0.2, 0) is 0 Å². The molecule has 0 aromatic heterocycles. The van der Waals surface area contributed by atoms with Crippen molar-refractivity contribution in [2.45, 2.75) is 12.5 Å². The first-order chi connectivity index (χ1) is 7.99. The van der Waals surface area contributed by atoms with E-state index in [0.717, 1.165) is 5.75 Å². The minimum Gasteiger partial charge on any atom is -0.497 e.